The molecule has 1 aromatic carbocycles. The fourth-order valence-electron chi connectivity index (χ4n) is 2.68. The van der Waals surface area contributed by atoms with E-state index in [4.69, 9.17) is 0 Å². The predicted molar refractivity (Wildman–Crippen MR) is 92.4 cm³/mol. The van der Waals surface area contributed by atoms with E-state index in [-0.39, 0.29) is 5.91 Å². The summed E-state index contributed by atoms with van der Waals surface area (Å²) < 4.78 is 0. The largest absolute Gasteiger partial charge is 0.362 e. The normalized spacial score (nSPS) is 10.7. The summed E-state index contributed by atoms with van der Waals surface area (Å²) >= 11 is 0. The van der Waals surface area contributed by atoms with Crippen LogP contribution < -0.4 is 10.2 Å². The van der Waals surface area contributed by atoms with Gasteiger partial charge in [0.1, 0.15) is 5.82 Å². The molecule has 2 aromatic heterocycles. The first-order chi connectivity index (χ1) is 11.1. The number of nitrogens with one attached hydrogen (secondary N) is 2. The van der Waals surface area contributed by atoms with Crippen LogP contribution in [0.5, 0.6) is 0 Å². The molecule has 0 atom stereocenters. The summed E-state index contributed by atoms with van der Waals surface area (Å²) in [6.45, 7) is 0.475. The van der Waals surface area contributed by atoms with E-state index in [0.29, 0.717) is 13.0 Å². The zero-order valence-electron chi connectivity index (χ0n) is 13.3. The van der Waals surface area contributed by atoms with Gasteiger partial charge in [-0.15, -0.1) is 0 Å². The van der Waals surface area contributed by atoms with Crippen LogP contribution in [0.15, 0.2) is 48.8 Å². The molecule has 5 heteroatoms. The molecule has 0 aliphatic carbocycles. The third-order valence-electron chi connectivity index (χ3n) is 3.79. The van der Waals surface area contributed by atoms with Crippen LogP contribution in [0.1, 0.15) is 11.1 Å². The van der Waals surface area contributed by atoms with Gasteiger partial charge in [-0.05, 0) is 17.7 Å². The Morgan fingerprint density at radius 2 is 2.00 bits per heavy atom. The highest BCUT2D eigenvalue weighted by molar-refractivity contribution is 5.88. The number of aromatic amines is 1. The van der Waals surface area contributed by atoms with Crippen LogP contribution in [0.4, 0.5) is 5.82 Å². The minimum Gasteiger partial charge on any atom is -0.362 e. The van der Waals surface area contributed by atoms with Crippen LogP contribution in [-0.2, 0) is 17.8 Å². The van der Waals surface area contributed by atoms with E-state index in [9.17, 15) is 4.79 Å². The van der Waals surface area contributed by atoms with Crippen molar-refractivity contribution in [2.45, 2.75) is 13.0 Å². The van der Waals surface area contributed by atoms with E-state index in [2.05, 4.69) is 15.3 Å². The highest BCUT2D eigenvalue weighted by atomic mass is 16.1. The topological polar surface area (TPSA) is 61.0 Å². The maximum absolute atomic E-state index is 12.2. The number of fused-ring (bicyclic) bond motifs is 1. The van der Waals surface area contributed by atoms with Gasteiger partial charge in [-0.2, -0.15) is 0 Å². The lowest BCUT2D eigenvalue weighted by Crippen LogP contribution is -2.26. The predicted octanol–water partition coefficient (Wildman–Crippen LogP) is 2.49. The second-order valence-electron chi connectivity index (χ2n) is 5.69. The number of nitrogens with zero attached hydrogens (tertiary/aromatic N) is 2. The Labute approximate surface area is 135 Å². The zero-order valence-corrected chi connectivity index (χ0v) is 13.3. The molecule has 0 saturated carbocycles. The minimum atomic E-state index is 0.00307. The lowest BCUT2D eigenvalue weighted by molar-refractivity contribution is -0.120. The third-order valence-corrected chi connectivity index (χ3v) is 3.79. The van der Waals surface area contributed by atoms with E-state index in [1.54, 1.807) is 6.20 Å². The van der Waals surface area contributed by atoms with Gasteiger partial charge in [0.15, 0.2) is 0 Å². The Hall–Kier alpha value is -2.82. The molecule has 0 saturated heterocycles. The number of rotatable bonds is 5. The summed E-state index contributed by atoms with van der Waals surface area (Å²) in [7, 11) is 3.89. The molecule has 3 rings (SSSR count). The second kappa shape index (κ2) is 6.52. The molecule has 0 radical (unpaired) electrons. The lowest BCUT2D eigenvalue weighted by atomic mass is 10.1. The van der Waals surface area contributed by atoms with Crippen LogP contribution in [0.3, 0.4) is 0 Å². The van der Waals surface area contributed by atoms with E-state index < -0.39 is 0 Å². The van der Waals surface area contributed by atoms with Crippen molar-refractivity contribution in [1.29, 1.82) is 0 Å². The van der Waals surface area contributed by atoms with Gasteiger partial charge >= 0.3 is 0 Å². The van der Waals surface area contributed by atoms with Crippen molar-refractivity contribution in [3.8, 4) is 0 Å². The molecule has 3 aromatic rings. The summed E-state index contributed by atoms with van der Waals surface area (Å²) in [5, 5.41) is 4.07. The van der Waals surface area contributed by atoms with Gasteiger partial charge in [0, 0.05) is 49.5 Å². The molecule has 0 fully saturated rings. The highest BCUT2D eigenvalue weighted by Gasteiger charge is 2.10. The maximum Gasteiger partial charge on any atom is 0.224 e. The number of hydrogen-bond acceptors (Lipinski definition) is 3. The van der Waals surface area contributed by atoms with Crippen LogP contribution in [0.25, 0.3) is 10.9 Å². The van der Waals surface area contributed by atoms with Crippen LogP contribution >= 0.6 is 0 Å². The number of aromatic nitrogens is 2. The van der Waals surface area contributed by atoms with Crippen LogP contribution in [-0.4, -0.2) is 30.0 Å². The number of H-pyrrole nitrogens is 1. The fourth-order valence-corrected chi connectivity index (χ4v) is 2.68. The number of para-hydroxylation sites is 1. The van der Waals surface area contributed by atoms with Crippen molar-refractivity contribution in [2.75, 3.05) is 19.0 Å². The smallest absolute Gasteiger partial charge is 0.224 e. The molecule has 1 amide bonds. The Morgan fingerprint density at radius 1 is 1.17 bits per heavy atom. The first kappa shape index (κ1) is 15.1. The van der Waals surface area contributed by atoms with E-state index >= 15 is 0 Å². The number of hydrogen-bond donors (Lipinski definition) is 2. The molecule has 23 heavy (non-hydrogen) atoms. The summed E-state index contributed by atoms with van der Waals surface area (Å²) in [6, 6.07) is 11.9. The molecule has 2 heterocycles. The van der Waals surface area contributed by atoms with E-state index in [1.807, 2.05) is 61.6 Å². The van der Waals surface area contributed by atoms with Crippen molar-refractivity contribution in [3.63, 3.8) is 0 Å². The van der Waals surface area contributed by atoms with Crippen LogP contribution in [0.2, 0.25) is 0 Å². The van der Waals surface area contributed by atoms with Gasteiger partial charge in [-0.1, -0.05) is 24.3 Å². The Balaban J connectivity index is 1.66. The van der Waals surface area contributed by atoms with Crippen molar-refractivity contribution in [3.05, 3.63) is 59.9 Å². The number of benzene rings is 1. The quantitative estimate of drug-likeness (QED) is 0.761. The van der Waals surface area contributed by atoms with Gasteiger partial charge in [-0.25, -0.2) is 4.98 Å². The second-order valence-corrected chi connectivity index (χ2v) is 5.69. The Kier molecular flexibility index (Phi) is 4.28. The molecule has 0 spiro atoms. The van der Waals surface area contributed by atoms with Crippen molar-refractivity contribution in [1.82, 2.24) is 15.3 Å². The standard InChI is InChI=1S/C18H20N4O/c1-22(2)18-13(6-5-9-19-18)11-21-17(23)10-14-12-20-16-8-4-3-7-15(14)16/h3-9,12,20H,10-11H2,1-2H3,(H,21,23). The molecule has 0 unspecified atom stereocenters. The summed E-state index contributed by atoms with van der Waals surface area (Å²) in [5.41, 5.74) is 3.07. The van der Waals surface area contributed by atoms with Gasteiger partial charge in [0.2, 0.25) is 5.91 Å². The minimum absolute atomic E-state index is 0.00307. The molecule has 0 aliphatic heterocycles. The Bertz CT molecular complexity index is 823. The van der Waals surface area contributed by atoms with Gasteiger partial charge in [-0.3, -0.25) is 4.79 Å². The van der Waals surface area contributed by atoms with E-state index in [0.717, 1.165) is 27.8 Å². The lowest BCUT2D eigenvalue weighted by Gasteiger charge is -2.16. The third kappa shape index (κ3) is 3.34. The van der Waals surface area contributed by atoms with Crippen LogP contribution in [0, 0.1) is 0 Å². The molecule has 5 nitrogen and oxygen atoms in total. The Morgan fingerprint density at radius 3 is 2.83 bits per heavy atom. The van der Waals surface area contributed by atoms with Crippen molar-refractivity contribution < 1.29 is 4.79 Å². The average molecular weight is 308 g/mol. The number of pyridine rings is 1. The number of amides is 1. The van der Waals surface area contributed by atoms with Gasteiger partial charge in [0.05, 0.1) is 6.42 Å². The molecule has 0 bridgehead atoms. The summed E-state index contributed by atoms with van der Waals surface area (Å²) in [6.07, 6.45) is 4.02. The van der Waals surface area contributed by atoms with Gasteiger partial charge < -0.3 is 15.2 Å². The van der Waals surface area contributed by atoms with Crippen molar-refractivity contribution >= 4 is 22.6 Å². The van der Waals surface area contributed by atoms with E-state index in [1.165, 1.54) is 0 Å². The van der Waals surface area contributed by atoms with Gasteiger partial charge in [0.25, 0.3) is 0 Å². The number of carbonyl (C=O) groups is 1. The maximum atomic E-state index is 12.2. The molecular formula is C18H20N4O. The molecular weight excluding hydrogens is 288 g/mol. The highest BCUT2D eigenvalue weighted by Crippen LogP contribution is 2.18. The zero-order chi connectivity index (χ0) is 16.2. The monoisotopic (exact) mass is 308 g/mol. The molecule has 2 N–H and O–H groups in total. The summed E-state index contributed by atoms with van der Waals surface area (Å²) in [4.78, 5) is 21.7. The number of anilines is 1. The molecule has 0 aliphatic rings. The first-order valence-electron chi connectivity index (χ1n) is 7.58. The average Bonchev–Trinajstić information content (AvgIpc) is 2.96. The summed E-state index contributed by atoms with van der Waals surface area (Å²) in [5.74, 6) is 0.878. The number of carbonyl (C=O) groups excluding carboxylic acids is 1. The molecule has 118 valence electrons. The first-order valence-corrected chi connectivity index (χ1v) is 7.58. The fraction of sp³-hybridized carbons (Fsp3) is 0.222. The van der Waals surface area contributed by atoms with Crippen molar-refractivity contribution in [2.24, 2.45) is 0 Å². The SMILES string of the molecule is CN(C)c1ncccc1CNC(=O)Cc1c[nH]c2ccccc12.